The third-order valence-corrected chi connectivity index (χ3v) is 4.10. The van der Waals surface area contributed by atoms with Crippen LogP contribution in [0.3, 0.4) is 0 Å². The molecular formula is C13H14FNO. The maximum absolute atomic E-state index is 12.9. The van der Waals surface area contributed by atoms with Crippen LogP contribution in [-0.4, -0.2) is 12.5 Å². The van der Waals surface area contributed by atoms with E-state index in [1.807, 2.05) is 0 Å². The molecule has 0 radical (unpaired) electrons. The molecule has 1 N–H and O–H groups in total. The van der Waals surface area contributed by atoms with Crippen LogP contribution in [0.5, 0.6) is 0 Å². The highest BCUT2D eigenvalue weighted by Gasteiger charge is 2.54. The summed E-state index contributed by atoms with van der Waals surface area (Å²) in [5, 5.41) is 2.94. The molecule has 1 aromatic carbocycles. The van der Waals surface area contributed by atoms with Crippen molar-refractivity contribution >= 4 is 5.91 Å². The Morgan fingerprint density at radius 2 is 1.94 bits per heavy atom. The average molecular weight is 219 g/mol. The van der Waals surface area contributed by atoms with Gasteiger partial charge in [-0.3, -0.25) is 4.79 Å². The molecule has 2 aliphatic rings. The Kier molecular flexibility index (Phi) is 2.03. The van der Waals surface area contributed by atoms with Crippen molar-refractivity contribution in [2.45, 2.75) is 25.2 Å². The summed E-state index contributed by atoms with van der Waals surface area (Å²) >= 11 is 0. The van der Waals surface area contributed by atoms with E-state index in [1.54, 1.807) is 12.1 Å². The molecule has 2 nitrogen and oxygen atoms in total. The van der Waals surface area contributed by atoms with Gasteiger partial charge in [-0.1, -0.05) is 18.6 Å². The maximum Gasteiger partial charge on any atom is 0.226 e. The Balaban J connectivity index is 1.95. The van der Waals surface area contributed by atoms with Crippen molar-refractivity contribution in [1.29, 1.82) is 0 Å². The second-order valence-electron chi connectivity index (χ2n) is 4.82. The van der Waals surface area contributed by atoms with Gasteiger partial charge in [0.2, 0.25) is 5.91 Å². The highest BCUT2D eigenvalue weighted by molar-refractivity contribution is 5.87. The van der Waals surface area contributed by atoms with Gasteiger partial charge in [0.15, 0.2) is 0 Å². The molecular weight excluding hydrogens is 205 g/mol. The quantitative estimate of drug-likeness (QED) is 0.771. The number of rotatable bonds is 1. The second kappa shape index (κ2) is 3.30. The Hall–Kier alpha value is -1.38. The molecule has 0 unspecified atom stereocenters. The monoisotopic (exact) mass is 219 g/mol. The number of carbonyl (C=O) groups is 1. The van der Waals surface area contributed by atoms with Gasteiger partial charge in [-0.15, -0.1) is 0 Å². The Labute approximate surface area is 93.9 Å². The van der Waals surface area contributed by atoms with E-state index in [9.17, 15) is 9.18 Å². The van der Waals surface area contributed by atoms with Gasteiger partial charge in [0.1, 0.15) is 5.82 Å². The molecule has 1 atom stereocenters. The van der Waals surface area contributed by atoms with Crippen LogP contribution in [0.1, 0.15) is 30.7 Å². The number of benzene rings is 1. The van der Waals surface area contributed by atoms with Crippen molar-refractivity contribution in [3.05, 3.63) is 35.6 Å². The van der Waals surface area contributed by atoms with E-state index < -0.39 is 0 Å². The van der Waals surface area contributed by atoms with Crippen molar-refractivity contribution in [3.8, 4) is 0 Å². The van der Waals surface area contributed by atoms with E-state index in [0.717, 1.165) is 24.8 Å². The molecule has 1 aromatic rings. The molecule has 2 fully saturated rings. The molecule has 3 heteroatoms. The fourth-order valence-corrected chi connectivity index (χ4v) is 2.99. The summed E-state index contributed by atoms with van der Waals surface area (Å²) in [6, 6.07) is 6.57. The first-order chi connectivity index (χ1) is 7.72. The molecule has 0 aromatic heterocycles. The molecule has 1 saturated heterocycles. The highest BCUT2D eigenvalue weighted by atomic mass is 19.1. The minimum absolute atomic E-state index is 0.183. The molecule has 16 heavy (non-hydrogen) atoms. The van der Waals surface area contributed by atoms with E-state index in [0.29, 0.717) is 6.54 Å². The van der Waals surface area contributed by atoms with E-state index >= 15 is 0 Å². The summed E-state index contributed by atoms with van der Waals surface area (Å²) in [6.45, 7) is 0.699. The number of halogens is 1. The van der Waals surface area contributed by atoms with E-state index in [1.165, 1.54) is 12.1 Å². The first kappa shape index (κ1) is 9.82. The zero-order valence-electron chi connectivity index (χ0n) is 9.00. The predicted molar refractivity (Wildman–Crippen MR) is 58.4 cm³/mol. The van der Waals surface area contributed by atoms with Crippen LogP contribution in [0.2, 0.25) is 0 Å². The summed E-state index contributed by atoms with van der Waals surface area (Å²) in [5.74, 6) is 0.200. The lowest BCUT2D eigenvalue weighted by Gasteiger charge is -2.40. The molecule has 1 aliphatic carbocycles. The number of carbonyl (C=O) groups excluding carboxylic acids is 1. The molecule has 1 saturated carbocycles. The second-order valence-corrected chi connectivity index (χ2v) is 4.82. The van der Waals surface area contributed by atoms with Crippen molar-refractivity contribution in [2.75, 3.05) is 6.54 Å². The standard InChI is InChI=1S/C13H14FNO/c14-10-4-2-9(3-5-10)11-8-15-12(16)13(11)6-1-7-13/h2-5,11H,1,6-8H2,(H,15,16)/t11-/m1/s1. The van der Waals surface area contributed by atoms with E-state index in [2.05, 4.69) is 5.32 Å². The number of hydrogen-bond donors (Lipinski definition) is 1. The largest absolute Gasteiger partial charge is 0.355 e. The first-order valence-electron chi connectivity index (χ1n) is 5.76. The summed E-state index contributed by atoms with van der Waals surface area (Å²) in [6.07, 6.45) is 3.08. The third kappa shape index (κ3) is 1.20. The molecule has 84 valence electrons. The maximum atomic E-state index is 12.9. The lowest BCUT2D eigenvalue weighted by Crippen LogP contribution is -2.40. The Bertz CT molecular complexity index is 422. The number of nitrogens with one attached hydrogen (secondary N) is 1. The van der Waals surface area contributed by atoms with Gasteiger partial charge in [0.25, 0.3) is 0 Å². The minimum Gasteiger partial charge on any atom is -0.355 e. The van der Waals surface area contributed by atoms with Crippen molar-refractivity contribution in [2.24, 2.45) is 5.41 Å². The van der Waals surface area contributed by atoms with Gasteiger partial charge in [-0.2, -0.15) is 0 Å². The average Bonchev–Trinajstić information content (AvgIpc) is 2.56. The summed E-state index contributed by atoms with van der Waals surface area (Å²) in [4.78, 5) is 11.8. The van der Waals surface area contributed by atoms with Gasteiger partial charge in [0, 0.05) is 12.5 Å². The fraction of sp³-hybridized carbons (Fsp3) is 0.462. The van der Waals surface area contributed by atoms with Crippen LogP contribution in [-0.2, 0) is 4.79 Å². The lowest BCUT2D eigenvalue weighted by molar-refractivity contribution is -0.132. The predicted octanol–water partition coefficient (Wildman–Crippen LogP) is 2.21. The van der Waals surface area contributed by atoms with Crippen LogP contribution in [0.4, 0.5) is 4.39 Å². The highest BCUT2D eigenvalue weighted by Crippen LogP contribution is 2.53. The fourth-order valence-electron chi connectivity index (χ4n) is 2.99. The molecule has 1 aliphatic heterocycles. The molecule has 0 bridgehead atoms. The zero-order chi connectivity index (χ0) is 11.2. The van der Waals surface area contributed by atoms with Crippen LogP contribution >= 0.6 is 0 Å². The zero-order valence-corrected chi connectivity index (χ0v) is 9.00. The van der Waals surface area contributed by atoms with Crippen molar-refractivity contribution < 1.29 is 9.18 Å². The third-order valence-electron chi connectivity index (χ3n) is 4.10. The number of hydrogen-bond acceptors (Lipinski definition) is 1. The molecule has 1 spiro atoms. The lowest BCUT2D eigenvalue weighted by atomic mass is 9.61. The van der Waals surface area contributed by atoms with Crippen LogP contribution in [0, 0.1) is 11.2 Å². The van der Waals surface area contributed by atoms with Gasteiger partial charge < -0.3 is 5.32 Å². The normalized spacial score (nSPS) is 26.6. The van der Waals surface area contributed by atoms with E-state index in [4.69, 9.17) is 0 Å². The first-order valence-corrected chi connectivity index (χ1v) is 5.76. The SMILES string of the molecule is O=C1NC[C@H](c2ccc(F)cc2)C12CCC2. The van der Waals surface area contributed by atoms with Gasteiger partial charge in [-0.25, -0.2) is 4.39 Å². The minimum atomic E-state index is -0.219. The van der Waals surface area contributed by atoms with Crippen LogP contribution < -0.4 is 5.32 Å². The smallest absolute Gasteiger partial charge is 0.226 e. The van der Waals surface area contributed by atoms with E-state index in [-0.39, 0.29) is 23.1 Å². The Morgan fingerprint density at radius 3 is 2.50 bits per heavy atom. The van der Waals surface area contributed by atoms with Crippen LogP contribution in [0.25, 0.3) is 0 Å². The Morgan fingerprint density at radius 1 is 1.25 bits per heavy atom. The molecule has 1 heterocycles. The summed E-state index contributed by atoms with van der Waals surface area (Å²) in [7, 11) is 0. The van der Waals surface area contributed by atoms with Crippen LogP contribution in [0.15, 0.2) is 24.3 Å². The van der Waals surface area contributed by atoms with Gasteiger partial charge in [-0.05, 0) is 30.5 Å². The molecule has 3 rings (SSSR count). The molecule has 1 amide bonds. The van der Waals surface area contributed by atoms with Crippen molar-refractivity contribution in [1.82, 2.24) is 5.32 Å². The van der Waals surface area contributed by atoms with Crippen molar-refractivity contribution in [3.63, 3.8) is 0 Å². The number of amides is 1. The summed E-state index contributed by atoms with van der Waals surface area (Å²) < 4.78 is 12.9. The topological polar surface area (TPSA) is 29.1 Å². The summed E-state index contributed by atoms with van der Waals surface area (Å²) in [5.41, 5.74) is 0.900. The van der Waals surface area contributed by atoms with Gasteiger partial charge >= 0.3 is 0 Å². The van der Waals surface area contributed by atoms with Gasteiger partial charge in [0.05, 0.1) is 5.41 Å².